The van der Waals surface area contributed by atoms with E-state index in [1.807, 2.05) is 0 Å². The molecule has 1 aliphatic rings. The van der Waals surface area contributed by atoms with Gasteiger partial charge in [-0.25, -0.2) is 0 Å². The van der Waals surface area contributed by atoms with Crippen molar-refractivity contribution in [3.8, 4) is 5.75 Å². The number of amides is 2. The summed E-state index contributed by atoms with van der Waals surface area (Å²) in [5.74, 6) is -0.196. The zero-order valence-corrected chi connectivity index (χ0v) is 17.7. The third-order valence-corrected chi connectivity index (χ3v) is 5.47. The van der Waals surface area contributed by atoms with Crippen LogP contribution >= 0.6 is 23.2 Å². The van der Waals surface area contributed by atoms with E-state index < -0.39 is 6.10 Å². The van der Waals surface area contributed by atoms with Crippen molar-refractivity contribution in [2.75, 3.05) is 5.32 Å². The van der Waals surface area contributed by atoms with Crippen LogP contribution in [0.5, 0.6) is 5.75 Å². The summed E-state index contributed by atoms with van der Waals surface area (Å²) in [7, 11) is 0. The first-order valence-corrected chi connectivity index (χ1v) is 10.5. The largest absolute Gasteiger partial charge is 0.479 e. The molecule has 0 radical (unpaired) electrons. The molecule has 2 aromatic carbocycles. The number of hydrogen-bond acceptors (Lipinski definition) is 3. The van der Waals surface area contributed by atoms with Gasteiger partial charge < -0.3 is 15.4 Å². The number of nitrogens with one attached hydrogen (secondary N) is 2. The third-order valence-electron chi connectivity index (χ3n) is 4.94. The van der Waals surface area contributed by atoms with Crippen LogP contribution in [0.25, 0.3) is 0 Å². The van der Waals surface area contributed by atoms with Gasteiger partial charge in [0.2, 0.25) is 0 Å². The highest BCUT2D eigenvalue weighted by Crippen LogP contribution is 2.28. The second-order valence-electron chi connectivity index (χ2n) is 7.18. The summed E-state index contributed by atoms with van der Waals surface area (Å²) in [6.45, 7) is 1.62. The van der Waals surface area contributed by atoms with Gasteiger partial charge in [0, 0.05) is 11.1 Å². The van der Waals surface area contributed by atoms with Crippen LogP contribution in [-0.2, 0) is 4.79 Å². The molecule has 0 bridgehead atoms. The molecule has 2 N–H and O–H groups in total. The molecular weight excluding hydrogens is 411 g/mol. The van der Waals surface area contributed by atoms with Gasteiger partial charge in [0.25, 0.3) is 11.8 Å². The maximum absolute atomic E-state index is 12.7. The molecule has 0 heterocycles. The fourth-order valence-electron chi connectivity index (χ4n) is 3.35. The smallest absolute Gasteiger partial charge is 0.265 e. The van der Waals surface area contributed by atoms with Crippen molar-refractivity contribution in [1.29, 1.82) is 0 Å². The zero-order valence-electron chi connectivity index (χ0n) is 16.2. The molecular formula is C22H24Cl2N2O3. The molecule has 0 aromatic heterocycles. The number of halogens is 2. The summed E-state index contributed by atoms with van der Waals surface area (Å²) >= 11 is 12.0. The van der Waals surface area contributed by atoms with Gasteiger partial charge in [-0.05, 0) is 50.1 Å². The minimum atomic E-state index is -0.817. The average Bonchev–Trinajstić information content (AvgIpc) is 2.71. The molecule has 0 aliphatic heterocycles. The highest BCUT2D eigenvalue weighted by molar-refractivity contribution is 6.35. The SMILES string of the molecule is C[C@@H](Oc1ccc(Cl)cc1Cl)C(=O)Nc1ccccc1C(=O)NC1CCCCC1. The number of carbonyl (C=O) groups is 2. The zero-order chi connectivity index (χ0) is 20.8. The van der Waals surface area contributed by atoms with Crippen LogP contribution in [-0.4, -0.2) is 24.0 Å². The predicted octanol–water partition coefficient (Wildman–Crippen LogP) is 5.46. The van der Waals surface area contributed by atoms with E-state index in [1.165, 1.54) is 6.42 Å². The Kier molecular flexibility index (Phi) is 7.40. The van der Waals surface area contributed by atoms with Crippen molar-refractivity contribution in [2.45, 2.75) is 51.2 Å². The van der Waals surface area contributed by atoms with Crippen LogP contribution in [0.2, 0.25) is 10.0 Å². The lowest BCUT2D eigenvalue weighted by molar-refractivity contribution is -0.122. The standard InChI is InChI=1S/C22H24Cl2N2O3/c1-14(29-20-12-11-15(23)13-18(20)24)21(27)26-19-10-6-5-9-17(19)22(28)25-16-7-3-2-4-8-16/h5-6,9-14,16H,2-4,7-8H2,1H3,(H,25,28)(H,26,27)/t14-/m1/s1. The lowest BCUT2D eigenvalue weighted by atomic mass is 9.95. The minimum Gasteiger partial charge on any atom is -0.479 e. The van der Waals surface area contributed by atoms with E-state index in [9.17, 15) is 9.59 Å². The molecule has 29 heavy (non-hydrogen) atoms. The van der Waals surface area contributed by atoms with Crippen molar-refractivity contribution < 1.29 is 14.3 Å². The molecule has 0 spiro atoms. The Hall–Kier alpha value is -2.24. The van der Waals surface area contributed by atoms with Gasteiger partial charge >= 0.3 is 0 Å². The van der Waals surface area contributed by atoms with Crippen LogP contribution in [0, 0.1) is 0 Å². The summed E-state index contributed by atoms with van der Waals surface area (Å²) < 4.78 is 5.65. The van der Waals surface area contributed by atoms with Crippen molar-refractivity contribution in [3.63, 3.8) is 0 Å². The quantitative estimate of drug-likeness (QED) is 0.633. The summed E-state index contributed by atoms with van der Waals surface area (Å²) in [5.41, 5.74) is 0.881. The molecule has 1 fully saturated rings. The molecule has 1 saturated carbocycles. The normalized spacial score (nSPS) is 15.4. The van der Waals surface area contributed by atoms with Gasteiger partial charge in [-0.2, -0.15) is 0 Å². The molecule has 0 unspecified atom stereocenters. The van der Waals surface area contributed by atoms with Gasteiger partial charge in [-0.3, -0.25) is 9.59 Å². The van der Waals surface area contributed by atoms with Crippen LogP contribution in [0.1, 0.15) is 49.4 Å². The van der Waals surface area contributed by atoms with Gasteiger partial charge in [0.1, 0.15) is 5.75 Å². The fraction of sp³-hybridized carbons (Fsp3) is 0.364. The molecule has 1 atom stereocenters. The maximum atomic E-state index is 12.7. The van der Waals surface area contributed by atoms with Gasteiger partial charge in [-0.1, -0.05) is 54.6 Å². The van der Waals surface area contributed by atoms with Crippen LogP contribution in [0.3, 0.4) is 0 Å². The number of para-hydroxylation sites is 1. The van der Waals surface area contributed by atoms with Crippen molar-refractivity contribution in [1.82, 2.24) is 5.32 Å². The summed E-state index contributed by atoms with van der Waals surface area (Å²) in [6, 6.07) is 11.9. The van der Waals surface area contributed by atoms with E-state index in [2.05, 4.69) is 10.6 Å². The van der Waals surface area contributed by atoms with Gasteiger partial charge in [0.15, 0.2) is 6.10 Å². The Morgan fingerprint density at radius 3 is 2.52 bits per heavy atom. The Morgan fingerprint density at radius 1 is 1.07 bits per heavy atom. The Balaban J connectivity index is 1.66. The Labute approximate surface area is 180 Å². The second-order valence-corrected chi connectivity index (χ2v) is 8.02. The number of rotatable bonds is 6. The third kappa shape index (κ3) is 5.87. The molecule has 154 valence electrons. The lowest BCUT2D eigenvalue weighted by Gasteiger charge is -2.23. The number of hydrogen-bond donors (Lipinski definition) is 2. The van der Waals surface area contributed by atoms with Crippen LogP contribution in [0.4, 0.5) is 5.69 Å². The first kappa shape index (κ1) is 21.5. The van der Waals surface area contributed by atoms with Gasteiger partial charge in [-0.15, -0.1) is 0 Å². The van der Waals surface area contributed by atoms with E-state index >= 15 is 0 Å². The highest BCUT2D eigenvalue weighted by Gasteiger charge is 2.21. The number of carbonyl (C=O) groups excluding carboxylic acids is 2. The predicted molar refractivity (Wildman–Crippen MR) is 116 cm³/mol. The fourth-order valence-corrected chi connectivity index (χ4v) is 3.80. The van der Waals surface area contributed by atoms with Crippen molar-refractivity contribution in [3.05, 3.63) is 58.1 Å². The van der Waals surface area contributed by atoms with Crippen molar-refractivity contribution in [2.24, 2.45) is 0 Å². The molecule has 1 aliphatic carbocycles. The maximum Gasteiger partial charge on any atom is 0.265 e. The molecule has 0 saturated heterocycles. The first-order valence-electron chi connectivity index (χ1n) is 9.76. The molecule has 5 nitrogen and oxygen atoms in total. The topological polar surface area (TPSA) is 67.4 Å². The van der Waals surface area contributed by atoms with Crippen LogP contribution < -0.4 is 15.4 Å². The van der Waals surface area contributed by atoms with E-state index in [1.54, 1.807) is 49.4 Å². The summed E-state index contributed by atoms with van der Waals surface area (Å²) in [6.07, 6.45) is 4.65. The van der Waals surface area contributed by atoms with E-state index in [-0.39, 0.29) is 17.9 Å². The average molecular weight is 435 g/mol. The van der Waals surface area contributed by atoms with Crippen LogP contribution in [0.15, 0.2) is 42.5 Å². The monoisotopic (exact) mass is 434 g/mol. The van der Waals surface area contributed by atoms with Gasteiger partial charge in [0.05, 0.1) is 16.3 Å². The number of anilines is 1. The van der Waals surface area contributed by atoms with E-state index in [4.69, 9.17) is 27.9 Å². The molecule has 2 amide bonds. The van der Waals surface area contributed by atoms with E-state index in [0.29, 0.717) is 27.0 Å². The molecule has 3 rings (SSSR count). The number of benzene rings is 2. The summed E-state index contributed by atoms with van der Waals surface area (Å²) in [5, 5.41) is 6.67. The summed E-state index contributed by atoms with van der Waals surface area (Å²) in [4.78, 5) is 25.4. The lowest BCUT2D eigenvalue weighted by Crippen LogP contribution is -2.37. The number of ether oxygens (including phenoxy) is 1. The Bertz CT molecular complexity index is 882. The second kappa shape index (κ2) is 9.99. The Morgan fingerprint density at radius 2 is 1.79 bits per heavy atom. The van der Waals surface area contributed by atoms with Crippen molar-refractivity contribution >= 4 is 40.7 Å². The molecule has 7 heteroatoms. The first-order chi connectivity index (χ1) is 13.9. The molecule has 2 aromatic rings. The minimum absolute atomic E-state index is 0.179. The highest BCUT2D eigenvalue weighted by atomic mass is 35.5. The van der Waals surface area contributed by atoms with E-state index in [0.717, 1.165) is 25.7 Å².